The number of rotatable bonds is 4. The summed E-state index contributed by atoms with van der Waals surface area (Å²) in [5.74, 6) is 0. The van der Waals surface area contributed by atoms with Crippen LogP contribution in [0.3, 0.4) is 0 Å². The summed E-state index contributed by atoms with van der Waals surface area (Å²) < 4.78 is 4.88. The van der Waals surface area contributed by atoms with Gasteiger partial charge < -0.3 is 9.13 Å². The van der Waals surface area contributed by atoms with Gasteiger partial charge in [-0.25, -0.2) is 0 Å². The highest BCUT2D eigenvalue weighted by molar-refractivity contribution is 6.84. The van der Waals surface area contributed by atoms with E-state index in [1.165, 1.54) is 65.9 Å². The van der Waals surface area contributed by atoms with Crippen molar-refractivity contribution in [2.24, 2.45) is 0 Å². The summed E-state index contributed by atoms with van der Waals surface area (Å²) in [5, 5.41) is 5.11. The van der Waals surface area contributed by atoms with Gasteiger partial charge in [-0.1, -0.05) is 121 Å². The van der Waals surface area contributed by atoms with Crippen LogP contribution >= 0.6 is 0 Å². The zero-order valence-electron chi connectivity index (χ0n) is 22.3. The summed E-state index contributed by atoms with van der Waals surface area (Å²) in [6, 6.07) is 52.8. The third kappa shape index (κ3) is 3.38. The summed E-state index contributed by atoms with van der Waals surface area (Å²) in [6.45, 7) is 2.60. The lowest BCUT2D eigenvalue weighted by Crippen LogP contribution is -2.39. The topological polar surface area (TPSA) is 9.86 Å². The van der Waals surface area contributed by atoms with Crippen molar-refractivity contribution >= 4 is 61.3 Å². The molecule has 8 aromatic rings. The molecule has 0 bridgehead atoms. The molecule has 40 heavy (non-hydrogen) atoms. The Morgan fingerprint density at radius 1 is 0.425 bits per heavy atom. The summed E-state index contributed by atoms with van der Waals surface area (Å²) in [6.07, 6.45) is 0. The average molecular weight is 510 g/mol. The molecular formula is C37H27BN2. The molecule has 0 atom stereocenters. The molecule has 0 aliphatic carbocycles. The van der Waals surface area contributed by atoms with Crippen LogP contribution < -0.4 is 10.9 Å². The van der Waals surface area contributed by atoms with E-state index >= 15 is 0 Å². The lowest BCUT2D eigenvalue weighted by atomic mass is 9.42. The lowest BCUT2D eigenvalue weighted by Gasteiger charge is -2.13. The molecule has 3 heteroatoms. The van der Waals surface area contributed by atoms with Crippen LogP contribution in [0.1, 0.15) is 0 Å². The second-order valence-electron chi connectivity index (χ2n) is 10.6. The van der Waals surface area contributed by atoms with Gasteiger partial charge in [-0.15, -0.1) is 0 Å². The normalized spacial score (nSPS) is 11.6. The van der Waals surface area contributed by atoms with E-state index in [1.807, 2.05) is 0 Å². The number of hydrogen-bond acceptors (Lipinski definition) is 0. The maximum Gasteiger partial charge on any atom is 0.206 e. The number of para-hydroxylation sites is 3. The number of aromatic nitrogens is 2. The largest absolute Gasteiger partial charge is 0.309 e. The van der Waals surface area contributed by atoms with Crippen LogP contribution in [-0.2, 0) is 0 Å². The minimum absolute atomic E-state index is 0.307. The van der Waals surface area contributed by atoms with E-state index in [2.05, 4.69) is 162 Å². The standard InChI is InChI=1S/C37H27BN2/c1-38(26-13-4-2-5-14-26)27-15-12-18-29(25-27)39-34-22-11-9-20-32(34)36-35(39)24-23-31-30-19-8-10-21-33(30)40(37(31)36)28-16-6-3-7-17-28/h2-25H,1H3. The average Bonchev–Trinajstić information content (AvgIpc) is 3.54. The minimum atomic E-state index is 0.307. The van der Waals surface area contributed by atoms with Gasteiger partial charge in [0.1, 0.15) is 0 Å². The quantitative estimate of drug-likeness (QED) is 0.212. The Morgan fingerprint density at radius 2 is 1.02 bits per heavy atom. The Kier molecular flexibility index (Phi) is 5.18. The molecule has 0 aliphatic rings. The van der Waals surface area contributed by atoms with Crippen molar-refractivity contribution in [3.63, 3.8) is 0 Å². The van der Waals surface area contributed by atoms with E-state index in [-0.39, 0.29) is 0 Å². The number of fused-ring (bicyclic) bond motifs is 7. The molecule has 6 aromatic carbocycles. The van der Waals surface area contributed by atoms with E-state index in [9.17, 15) is 0 Å². The first kappa shape index (κ1) is 22.9. The summed E-state index contributed by atoms with van der Waals surface area (Å²) in [5.41, 5.74) is 9.94. The van der Waals surface area contributed by atoms with Crippen molar-refractivity contribution in [2.75, 3.05) is 0 Å². The van der Waals surface area contributed by atoms with Crippen molar-refractivity contribution < 1.29 is 0 Å². The van der Waals surface area contributed by atoms with Crippen LogP contribution in [-0.4, -0.2) is 15.8 Å². The SMILES string of the molecule is CB(c1ccccc1)c1cccc(-n2c3ccccc3c3c2ccc2c4ccccc4n(-c4ccccc4)c23)c1. The van der Waals surface area contributed by atoms with Crippen molar-refractivity contribution in [2.45, 2.75) is 6.82 Å². The van der Waals surface area contributed by atoms with Gasteiger partial charge in [0.25, 0.3) is 0 Å². The molecular weight excluding hydrogens is 483 g/mol. The van der Waals surface area contributed by atoms with Gasteiger partial charge in [-0.05, 0) is 42.5 Å². The van der Waals surface area contributed by atoms with Crippen molar-refractivity contribution in [1.29, 1.82) is 0 Å². The van der Waals surface area contributed by atoms with Gasteiger partial charge in [0, 0.05) is 32.9 Å². The molecule has 8 rings (SSSR count). The minimum Gasteiger partial charge on any atom is -0.309 e. The fourth-order valence-corrected chi connectivity index (χ4v) is 6.50. The van der Waals surface area contributed by atoms with Gasteiger partial charge in [-0.3, -0.25) is 0 Å². The Balaban J connectivity index is 1.47. The third-order valence-electron chi connectivity index (χ3n) is 8.41. The molecule has 2 heterocycles. The van der Waals surface area contributed by atoms with E-state index in [1.54, 1.807) is 0 Å². The second-order valence-corrected chi connectivity index (χ2v) is 10.6. The van der Waals surface area contributed by atoms with Gasteiger partial charge >= 0.3 is 0 Å². The van der Waals surface area contributed by atoms with Crippen LogP contribution in [0.15, 0.2) is 146 Å². The van der Waals surface area contributed by atoms with Gasteiger partial charge in [0.15, 0.2) is 0 Å². The predicted octanol–water partition coefficient (Wildman–Crippen LogP) is 8.12. The monoisotopic (exact) mass is 510 g/mol. The van der Waals surface area contributed by atoms with E-state index in [0.29, 0.717) is 6.71 Å². The van der Waals surface area contributed by atoms with Crippen molar-refractivity contribution in [1.82, 2.24) is 9.13 Å². The van der Waals surface area contributed by atoms with Gasteiger partial charge in [0.05, 0.1) is 22.1 Å². The Morgan fingerprint density at radius 3 is 1.80 bits per heavy atom. The van der Waals surface area contributed by atoms with E-state index < -0.39 is 0 Å². The lowest BCUT2D eigenvalue weighted by molar-refractivity contribution is 1.18. The van der Waals surface area contributed by atoms with Gasteiger partial charge in [0.2, 0.25) is 6.71 Å². The molecule has 0 N–H and O–H groups in total. The molecule has 0 fully saturated rings. The number of benzene rings is 6. The smallest absolute Gasteiger partial charge is 0.206 e. The molecule has 2 aromatic heterocycles. The molecule has 2 nitrogen and oxygen atoms in total. The molecule has 0 aliphatic heterocycles. The second kappa shape index (κ2) is 9.03. The maximum absolute atomic E-state index is 2.44. The third-order valence-corrected chi connectivity index (χ3v) is 8.41. The molecule has 0 spiro atoms. The van der Waals surface area contributed by atoms with Crippen LogP contribution in [0.2, 0.25) is 6.82 Å². The van der Waals surface area contributed by atoms with Crippen LogP contribution in [0.25, 0.3) is 55.0 Å². The zero-order valence-corrected chi connectivity index (χ0v) is 22.3. The fraction of sp³-hybridized carbons (Fsp3) is 0.0270. The van der Waals surface area contributed by atoms with Gasteiger partial charge in [-0.2, -0.15) is 0 Å². The fourth-order valence-electron chi connectivity index (χ4n) is 6.50. The Bertz CT molecular complexity index is 2170. The Labute approximate surface area is 233 Å². The molecule has 0 amide bonds. The van der Waals surface area contributed by atoms with Crippen LogP contribution in [0.4, 0.5) is 0 Å². The van der Waals surface area contributed by atoms with Crippen molar-refractivity contribution in [3.8, 4) is 11.4 Å². The van der Waals surface area contributed by atoms with Crippen LogP contribution in [0.5, 0.6) is 0 Å². The molecule has 188 valence electrons. The number of hydrogen-bond donors (Lipinski definition) is 0. The molecule has 0 unspecified atom stereocenters. The summed E-state index contributed by atoms with van der Waals surface area (Å²) in [4.78, 5) is 0. The highest BCUT2D eigenvalue weighted by Gasteiger charge is 2.21. The molecule has 0 radical (unpaired) electrons. The highest BCUT2D eigenvalue weighted by atomic mass is 15.0. The first-order chi connectivity index (χ1) is 19.8. The maximum atomic E-state index is 2.44. The van der Waals surface area contributed by atoms with E-state index in [0.717, 1.165) is 0 Å². The molecule has 0 saturated carbocycles. The summed E-state index contributed by atoms with van der Waals surface area (Å²) in [7, 11) is 0. The van der Waals surface area contributed by atoms with Crippen molar-refractivity contribution in [3.05, 3.63) is 146 Å². The zero-order chi connectivity index (χ0) is 26.6. The molecule has 0 saturated heterocycles. The summed E-state index contributed by atoms with van der Waals surface area (Å²) >= 11 is 0. The van der Waals surface area contributed by atoms with E-state index in [4.69, 9.17) is 0 Å². The first-order valence-electron chi connectivity index (χ1n) is 14.0. The predicted molar refractivity (Wildman–Crippen MR) is 172 cm³/mol. The number of nitrogens with zero attached hydrogens (tertiary/aromatic N) is 2. The Hall–Kier alpha value is -5.02. The first-order valence-corrected chi connectivity index (χ1v) is 14.0. The van der Waals surface area contributed by atoms with Crippen LogP contribution in [0, 0.1) is 0 Å². The highest BCUT2D eigenvalue weighted by Crippen LogP contribution is 2.41.